The van der Waals surface area contributed by atoms with Gasteiger partial charge in [0.2, 0.25) is 5.88 Å². The van der Waals surface area contributed by atoms with Crippen LogP contribution >= 0.6 is 0 Å². The fourth-order valence-corrected chi connectivity index (χ4v) is 1.64. The van der Waals surface area contributed by atoms with E-state index in [-0.39, 0.29) is 5.82 Å². The van der Waals surface area contributed by atoms with Crippen molar-refractivity contribution in [2.45, 2.75) is 6.54 Å². The Bertz CT molecular complexity index is 561. The second kappa shape index (κ2) is 6.04. The van der Waals surface area contributed by atoms with Gasteiger partial charge in [-0.25, -0.2) is 9.37 Å². The molecule has 1 aromatic carbocycles. The molecule has 0 fully saturated rings. The topological polar surface area (TPSA) is 43.4 Å². The molecule has 0 unspecified atom stereocenters. The number of anilines is 1. The van der Waals surface area contributed by atoms with Crippen molar-refractivity contribution in [2.24, 2.45) is 0 Å². The molecule has 1 N–H and O–H groups in total. The predicted molar refractivity (Wildman–Crippen MR) is 71.1 cm³/mol. The van der Waals surface area contributed by atoms with Crippen molar-refractivity contribution in [2.75, 3.05) is 19.5 Å². The second-order valence-corrected chi connectivity index (χ2v) is 3.90. The van der Waals surface area contributed by atoms with Crippen LogP contribution in [0.2, 0.25) is 0 Å². The van der Waals surface area contributed by atoms with Crippen LogP contribution in [-0.2, 0) is 6.54 Å². The first-order chi connectivity index (χ1) is 9.21. The quantitative estimate of drug-likeness (QED) is 0.899. The molecular formula is C14H15FN2O2. The molecule has 5 heteroatoms. The van der Waals surface area contributed by atoms with E-state index in [2.05, 4.69) is 10.3 Å². The highest BCUT2D eigenvalue weighted by molar-refractivity contribution is 5.48. The van der Waals surface area contributed by atoms with Crippen LogP contribution in [0.1, 0.15) is 5.69 Å². The first-order valence-corrected chi connectivity index (χ1v) is 5.79. The highest BCUT2D eigenvalue weighted by Gasteiger charge is 2.02. The molecule has 0 radical (unpaired) electrons. The number of pyridine rings is 1. The van der Waals surface area contributed by atoms with E-state index in [0.717, 1.165) is 5.69 Å². The lowest BCUT2D eigenvalue weighted by atomic mass is 10.2. The molecule has 2 aromatic rings. The molecule has 0 aliphatic rings. The van der Waals surface area contributed by atoms with E-state index in [1.807, 2.05) is 12.1 Å². The molecule has 2 rings (SSSR count). The highest BCUT2D eigenvalue weighted by Crippen LogP contribution is 2.20. The smallest absolute Gasteiger partial charge is 0.213 e. The number of methoxy groups -OCH3 is 2. The zero-order valence-corrected chi connectivity index (χ0v) is 10.8. The van der Waals surface area contributed by atoms with Gasteiger partial charge >= 0.3 is 0 Å². The van der Waals surface area contributed by atoms with E-state index in [4.69, 9.17) is 9.47 Å². The maximum atomic E-state index is 13.3. The molecule has 1 heterocycles. The van der Waals surface area contributed by atoms with Crippen molar-refractivity contribution in [3.8, 4) is 11.6 Å². The molecule has 0 saturated heterocycles. The molecule has 0 saturated carbocycles. The predicted octanol–water partition coefficient (Wildman–Crippen LogP) is 2.85. The van der Waals surface area contributed by atoms with Crippen LogP contribution in [0.5, 0.6) is 11.6 Å². The standard InChI is InChI=1S/C14H15FN2O2/c1-18-13-7-10(15)6-12(8-13)16-9-11-4-3-5-14(17-11)19-2/h3-8,16H,9H2,1-2H3. The summed E-state index contributed by atoms with van der Waals surface area (Å²) in [7, 11) is 3.07. The van der Waals surface area contributed by atoms with Crippen molar-refractivity contribution >= 4 is 5.69 Å². The molecule has 100 valence electrons. The normalized spacial score (nSPS) is 10.1. The Balaban J connectivity index is 2.07. The first kappa shape index (κ1) is 13.1. The Kier molecular flexibility index (Phi) is 4.18. The van der Waals surface area contributed by atoms with Gasteiger partial charge in [0.1, 0.15) is 11.6 Å². The van der Waals surface area contributed by atoms with E-state index < -0.39 is 0 Å². The number of hydrogen-bond acceptors (Lipinski definition) is 4. The minimum atomic E-state index is -0.347. The Morgan fingerprint density at radius 1 is 1.16 bits per heavy atom. The molecule has 0 spiro atoms. The van der Waals surface area contributed by atoms with Crippen LogP contribution in [0.4, 0.5) is 10.1 Å². The van der Waals surface area contributed by atoms with Crippen LogP contribution in [0, 0.1) is 5.82 Å². The lowest BCUT2D eigenvalue weighted by Gasteiger charge is -2.09. The van der Waals surface area contributed by atoms with E-state index in [0.29, 0.717) is 23.9 Å². The van der Waals surface area contributed by atoms with Gasteiger partial charge in [0, 0.05) is 23.9 Å². The number of hydrogen-bond donors (Lipinski definition) is 1. The molecule has 1 aromatic heterocycles. The third kappa shape index (κ3) is 3.58. The number of benzene rings is 1. The number of rotatable bonds is 5. The van der Waals surface area contributed by atoms with Gasteiger partial charge in [-0.3, -0.25) is 0 Å². The summed E-state index contributed by atoms with van der Waals surface area (Å²) in [6.45, 7) is 0.476. The third-order valence-electron chi connectivity index (χ3n) is 2.57. The second-order valence-electron chi connectivity index (χ2n) is 3.90. The molecule has 0 amide bonds. The monoisotopic (exact) mass is 262 g/mol. The molecule has 4 nitrogen and oxygen atoms in total. The van der Waals surface area contributed by atoms with Gasteiger partial charge in [0.15, 0.2) is 0 Å². The molecule has 0 aliphatic carbocycles. The van der Waals surface area contributed by atoms with Crippen molar-refractivity contribution in [3.63, 3.8) is 0 Å². The summed E-state index contributed by atoms with van der Waals surface area (Å²) in [5.74, 6) is 0.678. The summed E-state index contributed by atoms with van der Waals surface area (Å²) in [6, 6.07) is 9.96. The average Bonchev–Trinajstić information content (AvgIpc) is 2.44. The largest absolute Gasteiger partial charge is 0.497 e. The first-order valence-electron chi connectivity index (χ1n) is 5.79. The van der Waals surface area contributed by atoms with Crippen molar-refractivity contribution in [3.05, 3.63) is 47.9 Å². The van der Waals surface area contributed by atoms with Crippen LogP contribution in [0.25, 0.3) is 0 Å². The highest BCUT2D eigenvalue weighted by atomic mass is 19.1. The van der Waals surface area contributed by atoms with Crippen molar-refractivity contribution < 1.29 is 13.9 Å². The molecule has 0 aliphatic heterocycles. The van der Waals surface area contributed by atoms with Crippen LogP contribution in [0.3, 0.4) is 0 Å². The maximum absolute atomic E-state index is 13.3. The molecule has 0 bridgehead atoms. The average molecular weight is 262 g/mol. The SMILES string of the molecule is COc1cc(F)cc(NCc2cccc(OC)n2)c1. The summed E-state index contributed by atoms with van der Waals surface area (Å²) in [6.07, 6.45) is 0. The summed E-state index contributed by atoms with van der Waals surface area (Å²) < 4.78 is 23.4. The fraction of sp³-hybridized carbons (Fsp3) is 0.214. The zero-order valence-electron chi connectivity index (χ0n) is 10.8. The Morgan fingerprint density at radius 2 is 2.00 bits per heavy atom. The maximum Gasteiger partial charge on any atom is 0.213 e. The fourth-order valence-electron chi connectivity index (χ4n) is 1.64. The zero-order chi connectivity index (χ0) is 13.7. The van der Waals surface area contributed by atoms with Crippen molar-refractivity contribution in [1.29, 1.82) is 0 Å². The van der Waals surface area contributed by atoms with Gasteiger partial charge in [-0.15, -0.1) is 0 Å². The van der Waals surface area contributed by atoms with Gasteiger partial charge in [0.05, 0.1) is 26.5 Å². The third-order valence-corrected chi connectivity index (χ3v) is 2.57. The number of nitrogens with zero attached hydrogens (tertiary/aromatic N) is 1. The van der Waals surface area contributed by atoms with Crippen LogP contribution in [-0.4, -0.2) is 19.2 Å². The van der Waals surface area contributed by atoms with Gasteiger partial charge in [-0.1, -0.05) is 6.07 Å². The van der Waals surface area contributed by atoms with Crippen LogP contribution < -0.4 is 14.8 Å². The lowest BCUT2D eigenvalue weighted by molar-refractivity contribution is 0.396. The minimum absolute atomic E-state index is 0.347. The van der Waals surface area contributed by atoms with E-state index >= 15 is 0 Å². The Morgan fingerprint density at radius 3 is 2.74 bits per heavy atom. The molecule has 19 heavy (non-hydrogen) atoms. The van der Waals surface area contributed by atoms with E-state index in [1.165, 1.54) is 19.2 Å². The number of aromatic nitrogens is 1. The van der Waals surface area contributed by atoms with Gasteiger partial charge in [0.25, 0.3) is 0 Å². The van der Waals surface area contributed by atoms with E-state index in [1.54, 1.807) is 19.2 Å². The van der Waals surface area contributed by atoms with Gasteiger partial charge in [-0.05, 0) is 12.1 Å². The van der Waals surface area contributed by atoms with E-state index in [9.17, 15) is 4.39 Å². The van der Waals surface area contributed by atoms with Gasteiger partial charge < -0.3 is 14.8 Å². The van der Waals surface area contributed by atoms with Crippen molar-refractivity contribution in [1.82, 2.24) is 4.98 Å². The minimum Gasteiger partial charge on any atom is -0.497 e. The summed E-state index contributed by atoms with van der Waals surface area (Å²) in [5, 5.41) is 3.09. The van der Waals surface area contributed by atoms with Crippen LogP contribution in [0.15, 0.2) is 36.4 Å². The number of ether oxygens (including phenoxy) is 2. The Labute approximate surface area is 111 Å². The summed E-state index contributed by atoms with van der Waals surface area (Å²) in [4.78, 5) is 4.26. The lowest BCUT2D eigenvalue weighted by Crippen LogP contribution is -2.03. The summed E-state index contributed by atoms with van der Waals surface area (Å²) >= 11 is 0. The number of halogens is 1. The summed E-state index contributed by atoms with van der Waals surface area (Å²) in [5.41, 5.74) is 1.45. The molecule has 0 atom stereocenters. The Hall–Kier alpha value is -2.30. The number of nitrogens with one attached hydrogen (secondary N) is 1. The van der Waals surface area contributed by atoms with Gasteiger partial charge in [-0.2, -0.15) is 0 Å². The molecular weight excluding hydrogens is 247 g/mol.